The molecule has 0 aliphatic carbocycles. The Morgan fingerprint density at radius 1 is 1.07 bits per heavy atom. The summed E-state index contributed by atoms with van der Waals surface area (Å²) in [6, 6.07) is 11.6. The molecular weight excluding hydrogens is 398 g/mol. The average Bonchev–Trinajstić information content (AvgIpc) is 3.16. The average molecular weight is 428 g/mol. The number of rotatable bonds is 9. The van der Waals surface area contributed by atoms with E-state index in [-0.39, 0.29) is 12.5 Å². The molecule has 0 radical (unpaired) electrons. The Balaban J connectivity index is 1.84. The van der Waals surface area contributed by atoms with Crippen LogP contribution in [0.1, 0.15) is 17.5 Å². The molecule has 160 valence electrons. The fourth-order valence-corrected chi connectivity index (χ4v) is 4.20. The van der Waals surface area contributed by atoms with Gasteiger partial charge in [-0.3, -0.25) is 9.69 Å². The lowest BCUT2D eigenvalue weighted by Gasteiger charge is -2.21. The highest BCUT2D eigenvalue weighted by Gasteiger charge is 2.22. The summed E-state index contributed by atoms with van der Waals surface area (Å²) in [5, 5.41) is 0.675. The maximum atomic E-state index is 13.1. The number of ether oxygens (including phenoxy) is 2. The largest absolute Gasteiger partial charge is 0.494 e. The molecule has 1 heterocycles. The third-order valence-electron chi connectivity index (χ3n) is 4.81. The number of thiazole rings is 1. The van der Waals surface area contributed by atoms with Crippen molar-refractivity contribution in [3.05, 3.63) is 47.5 Å². The molecule has 0 saturated heterocycles. The number of aryl methyl sites for hydroxylation is 2. The fourth-order valence-electron chi connectivity index (χ4n) is 3.11. The predicted octanol–water partition coefficient (Wildman–Crippen LogP) is 4.29. The number of nitrogens with zero attached hydrogens (tertiary/aromatic N) is 3. The molecule has 3 aromatic rings. The maximum Gasteiger partial charge on any atom is 0.266 e. The Kier molecular flexibility index (Phi) is 7.29. The summed E-state index contributed by atoms with van der Waals surface area (Å²) in [6.07, 6.45) is 0.843. The molecule has 0 aliphatic rings. The van der Waals surface area contributed by atoms with Gasteiger partial charge >= 0.3 is 0 Å². The minimum absolute atomic E-state index is 0.0307. The van der Waals surface area contributed by atoms with Crippen molar-refractivity contribution in [2.75, 3.05) is 45.8 Å². The van der Waals surface area contributed by atoms with Crippen LogP contribution >= 0.6 is 11.3 Å². The zero-order valence-electron chi connectivity index (χ0n) is 18.3. The van der Waals surface area contributed by atoms with E-state index in [0.717, 1.165) is 40.1 Å². The van der Waals surface area contributed by atoms with E-state index in [9.17, 15) is 4.79 Å². The highest BCUT2D eigenvalue weighted by Crippen LogP contribution is 2.36. The monoisotopic (exact) mass is 427 g/mol. The number of anilines is 1. The van der Waals surface area contributed by atoms with Crippen LogP contribution in [0.5, 0.6) is 11.5 Å². The second-order valence-corrected chi connectivity index (χ2v) is 8.54. The van der Waals surface area contributed by atoms with Gasteiger partial charge in [-0.05, 0) is 64.7 Å². The molecule has 0 N–H and O–H groups in total. The number of aromatic nitrogens is 1. The van der Waals surface area contributed by atoms with E-state index in [2.05, 4.69) is 4.90 Å². The molecule has 0 atom stereocenters. The Morgan fingerprint density at radius 3 is 2.47 bits per heavy atom. The van der Waals surface area contributed by atoms with E-state index in [1.807, 2.05) is 64.3 Å². The summed E-state index contributed by atoms with van der Waals surface area (Å²) < 4.78 is 12.3. The predicted molar refractivity (Wildman–Crippen MR) is 123 cm³/mol. The number of amides is 1. The van der Waals surface area contributed by atoms with Gasteiger partial charge in [0.1, 0.15) is 17.0 Å². The van der Waals surface area contributed by atoms with Crippen LogP contribution in [0.3, 0.4) is 0 Å². The number of carbonyl (C=O) groups excluding carboxylic acids is 1. The first-order chi connectivity index (χ1) is 14.4. The Labute approximate surface area is 182 Å². The summed E-state index contributed by atoms with van der Waals surface area (Å²) in [5.74, 6) is 1.30. The first-order valence-electron chi connectivity index (χ1n) is 9.97. The van der Waals surface area contributed by atoms with Crippen LogP contribution in [0.15, 0.2) is 36.4 Å². The van der Waals surface area contributed by atoms with Gasteiger partial charge in [-0.2, -0.15) is 0 Å². The smallest absolute Gasteiger partial charge is 0.266 e. The van der Waals surface area contributed by atoms with Crippen molar-refractivity contribution < 1.29 is 14.3 Å². The summed E-state index contributed by atoms with van der Waals surface area (Å²) >= 11 is 1.52. The van der Waals surface area contributed by atoms with Crippen LogP contribution in [0.25, 0.3) is 10.2 Å². The number of benzene rings is 2. The molecule has 1 amide bonds. The SMILES string of the molecule is COc1ccc(C)c2sc(N(CCCN(C)C)C(=O)COc3ccc(C)cc3)nc12. The van der Waals surface area contributed by atoms with Gasteiger partial charge in [-0.1, -0.05) is 35.1 Å². The Bertz CT molecular complexity index is 999. The van der Waals surface area contributed by atoms with Crippen LogP contribution in [-0.4, -0.2) is 56.7 Å². The second kappa shape index (κ2) is 9.91. The van der Waals surface area contributed by atoms with E-state index >= 15 is 0 Å². The van der Waals surface area contributed by atoms with Crippen molar-refractivity contribution >= 4 is 32.6 Å². The zero-order chi connectivity index (χ0) is 21.7. The van der Waals surface area contributed by atoms with E-state index < -0.39 is 0 Å². The molecule has 0 unspecified atom stereocenters. The zero-order valence-corrected chi connectivity index (χ0v) is 19.1. The van der Waals surface area contributed by atoms with Gasteiger partial charge in [0.25, 0.3) is 5.91 Å². The Morgan fingerprint density at radius 2 is 1.80 bits per heavy atom. The van der Waals surface area contributed by atoms with E-state index in [1.165, 1.54) is 11.3 Å². The highest BCUT2D eigenvalue weighted by atomic mass is 32.1. The molecule has 2 aromatic carbocycles. The standard InChI is InChI=1S/C23H29N3O3S/c1-16-7-10-18(11-8-16)29-15-20(27)26(14-6-13-25(3)4)23-24-21-19(28-5)12-9-17(2)22(21)30-23/h7-12H,6,13-15H2,1-5H3. The lowest BCUT2D eigenvalue weighted by molar-refractivity contribution is -0.120. The second-order valence-electron chi connectivity index (χ2n) is 7.56. The van der Waals surface area contributed by atoms with Gasteiger partial charge in [0.2, 0.25) is 0 Å². The van der Waals surface area contributed by atoms with Gasteiger partial charge in [-0.25, -0.2) is 4.98 Å². The van der Waals surface area contributed by atoms with Crippen LogP contribution < -0.4 is 14.4 Å². The lowest BCUT2D eigenvalue weighted by Crippen LogP contribution is -2.36. The van der Waals surface area contributed by atoms with Gasteiger partial charge in [0.15, 0.2) is 11.7 Å². The summed E-state index contributed by atoms with van der Waals surface area (Å²) in [5.41, 5.74) is 3.06. The van der Waals surface area contributed by atoms with Crippen molar-refractivity contribution in [1.82, 2.24) is 9.88 Å². The lowest BCUT2D eigenvalue weighted by atomic mass is 10.2. The van der Waals surface area contributed by atoms with Crippen molar-refractivity contribution in [3.8, 4) is 11.5 Å². The molecule has 6 nitrogen and oxygen atoms in total. The molecule has 0 saturated carbocycles. The highest BCUT2D eigenvalue weighted by molar-refractivity contribution is 7.22. The molecule has 0 spiro atoms. The van der Waals surface area contributed by atoms with Gasteiger partial charge < -0.3 is 14.4 Å². The number of fused-ring (bicyclic) bond motifs is 1. The summed E-state index contributed by atoms with van der Waals surface area (Å²) in [7, 11) is 5.69. The molecule has 30 heavy (non-hydrogen) atoms. The minimum Gasteiger partial charge on any atom is -0.494 e. The minimum atomic E-state index is -0.106. The normalized spacial score (nSPS) is 11.1. The van der Waals surface area contributed by atoms with Crippen LogP contribution in [-0.2, 0) is 4.79 Å². The molecule has 0 aliphatic heterocycles. The molecule has 0 fully saturated rings. The number of methoxy groups -OCH3 is 1. The van der Waals surface area contributed by atoms with Gasteiger partial charge in [-0.15, -0.1) is 0 Å². The summed E-state index contributed by atoms with van der Waals surface area (Å²) in [6.45, 7) is 5.50. The third kappa shape index (κ3) is 5.29. The van der Waals surface area contributed by atoms with Crippen molar-refractivity contribution in [2.24, 2.45) is 0 Å². The van der Waals surface area contributed by atoms with Crippen molar-refractivity contribution in [1.29, 1.82) is 0 Å². The molecule has 3 rings (SSSR count). The number of hydrogen-bond donors (Lipinski definition) is 0. The van der Waals surface area contributed by atoms with Crippen molar-refractivity contribution in [2.45, 2.75) is 20.3 Å². The van der Waals surface area contributed by atoms with Gasteiger partial charge in [0, 0.05) is 6.54 Å². The van der Waals surface area contributed by atoms with E-state index in [4.69, 9.17) is 14.5 Å². The first-order valence-corrected chi connectivity index (χ1v) is 10.8. The fraction of sp³-hybridized carbons (Fsp3) is 0.391. The number of carbonyl (C=O) groups is 1. The number of hydrogen-bond acceptors (Lipinski definition) is 6. The molecule has 1 aromatic heterocycles. The van der Waals surface area contributed by atoms with Crippen molar-refractivity contribution in [3.63, 3.8) is 0 Å². The van der Waals surface area contributed by atoms with Gasteiger partial charge in [0.05, 0.1) is 11.8 Å². The molecule has 0 bridgehead atoms. The van der Waals surface area contributed by atoms with Crippen LogP contribution in [0.2, 0.25) is 0 Å². The molecular formula is C23H29N3O3S. The molecule has 7 heteroatoms. The van der Waals surface area contributed by atoms with E-state index in [1.54, 1.807) is 12.0 Å². The third-order valence-corrected chi connectivity index (χ3v) is 6.03. The summed E-state index contributed by atoms with van der Waals surface area (Å²) in [4.78, 5) is 21.7. The van der Waals surface area contributed by atoms with E-state index in [0.29, 0.717) is 17.4 Å². The topological polar surface area (TPSA) is 54.9 Å². The van der Waals surface area contributed by atoms with Crippen LogP contribution in [0, 0.1) is 13.8 Å². The quantitative estimate of drug-likeness (QED) is 0.510. The van der Waals surface area contributed by atoms with Crippen LogP contribution in [0.4, 0.5) is 5.13 Å². The first kappa shape index (κ1) is 22.1. The Hall–Kier alpha value is -2.64. The maximum absolute atomic E-state index is 13.1.